The predicted molar refractivity (Wildman–Crippen MR) is 50.5 cm³/mol. The summed E-state index contributed by atoms with van der Waals surface area (Å²) in [4.78, 5) is 10.5. The Hall–Kier alpha value is -0.350. The van der Waals surface area contributed by atoms with Gasteiger partial charge in [-0.3, -0.25) is 4.79 Å². The Kier molecular flexibility index (Phi) is 1.96. The lowest BCUT2D eigenvalue weighted by Gasteiger charge is -1.89. The molecule has 1 N–H and O–H groups in total. The fourth-order valence-corrected chi connectivity index (χ4v) is 2.59. The van der Waals surface area contributed by atoms with Crippen LogP contribution >= 0.6 is 27.3 Å². The van der Waals surface area contributed by atoms with Gasteiger partial charge >= 0.3 is 5.97 Å². The Morgan fingerprint density at radius 3 is 2.92 bits per heavy atom. The van der Waals surface area contributed by atoms with Gasteiger partial charge in [-0.1, -0.05) is 0 Å². The predicted octanol–water partition coefficient (Wildman–Crippen LogP) is 2.70. The summed E-state index contributed by atoms with van der Waals surface area (Å²) in [6.45, 7) is 0. The van der Waals surface area contributed by atoms with Gasteiger partial charge in [-0.15, -0.1) is 11.3 Å². The molecule has 12 heavy (non-hydrogen) atoms. The summed E-state index contributed by atoms with van der Waals surface area (Å²) in [5, 5.41) is 10.7. The second-order valence-corrected chi connectivity index (χ2v) is 5.26. The van der Waals surface area contributed by atoms with Crippen molar-refractivity contribution in [2.24, 2.45) is 5.92 Å². The fraction of sp³-hybridized carbons (Fsp3) is 0.375. The maximum absolute atomic E-state index is 10.5. The highest BCUT2D eigenvalue weighted by Crippen LogP contribution is 2.49. The van der Waals surface area contributed by atoms with Crippen molar-refractivity contribution in [3.05, 3.63) is 20.8 Å². The summed E-state index contributed by atoms with van der Waals surface area (Å²) >= 11 is 4.97. The van der Waals surface area contributed by atoms with Crippen LogP contribution in [0, 0.1) is 5.92 Å². The lowest BCUT2D eigenvalue weighted by Crippen LogP contribution is -1.98. The lowest BCUT2D eigenvalue weighted by atomic mass is 10.2. The van der Waals surface area contributed by atoms with E-state index in [1.165, 1.54) is 5.56 Å². The quantitative estimate of drug-likeness (QED) is 0.872. The van der Waals surface area contributed by atoms with Gasteiger partial charge in [0.1, 0.15) is 0 Å². The van der Waals surface area contributed by atoms with Crippen molar-refractivity contribution in [3.8, 4) is 0 Å². The standard InChI is InChI=1S/C8H7BrO2S/c9-7-1-4(3-12-7)5-2-6(5)8(10)11/h1,3,5-6H,2H2,(H,10,11)/t5-,6+/m1/s1. The van der Waals surface area contributed by atoms with Crippen LogP contribution in [0.1, 0.15) is 17.9 Å². The number of thiophene rings is 1. The monoisotopic (exact) mass is 246 g/mol. The highest BCUT2D eigenvalue weighted by Gasteiger charge is 2.44. The molecule has 1 fully saturated rings. The molecule has 1 aliphatic rings. The minimum absolute atomic E-state index is 0.133. The average molecular weight is 247 g/mol. The highest BCUT2D eigenvalue weighted by molar-refractivity contribution is 9.11. The summed E-state index contributed by atoms with van der Waals surface area (Å²) in [5.41, 5.74) is 1.17. The van der Waals surface area contributed by atoms with Crippen molar-refractivity contribution in [1.82, 2.24) is 0 Å². The van der Waals surface area contributed by atoms with Gasteiger partial charge in [0.15, 0.2) is 0 Å². The summed E-state index contributed by atoms with van der Waals surface area (Å²) in [6.07, 6.45) is 0.804. The van der Waals surface area contributed by atoms with Crippen molar-refractivity contribution < 1.29 is 9.90 Å². The van der Waals surface area contributed by atoms with Crippen molar-refractivity contribution >= 4 is 33.2 Å². The molecule has 0 spiro atoms. The van der Waals surface area contributed by atoms with E-state index in [9.17, 15) is 4.79 Å². The van der Waals surface area contributed by atoms with Crippen LogP contribution in [0.2, 0.25) is 0 Å². The Morgan fingerprint density at radius 1 is 1.75 bits per heavy atom. The zero-order valence-electron chi connectivity index (χ0n) is 6.16. The van der Waals surface area contributed by atoms with E-state index < -0.39 is 5.97 Å². The molecule has 0 aliphatic heterocycles. The SMILES string of the molecule is O=C(O)[C@H]1C[C@@H]1c1csc(Br)c1. The van der Waals surface area contributed by atoms with E-state index >= 15 is 0 Å². The van der Waals surface area contributed by atoms with Crippen LogP contribution in [0.25, 0.3) is 0 Å². The first-order valence-electron chi connectivity index (χ1n) is 3.65. The first-order chi connectivity index (χ1) is 5.68. The molecule has 0 bridgehead atoms. The van der Waals surface area contributed by atoms with Gasteiger partial charge in [-0.2, -0.15) is 0 Å². The topological polar surface area (TPSA) is 37.3 Å². The van der Waals surface area contributed by atoms with Gasteiger partial charge in [-0.25, -0.2) is 0 Å². The molecular weight excluding hydrogens is 240 g/mol. The lowest BCUT2D eigenvalue weighted by molar-refractivity contribution is -0.138. The van der Waals surface area contributed by atoms with E-state index in [-0.39, 0.29) is 11.8 Å². The van der Waals surface area contributed by atoms with Crippen molar-refractivity contribution in [3.63, 3.8) is 0 Å². The van der Waals surface area contributed by atoms with Crippen LogP contribution in [-0.4, -0.2) is 11.1 Å². The number of rotatable bonds is 2. The summed E-state index contributed by atoms with van der Waals surface area (Å²) in [5.74, 6) is -0.529. The molecule has 1 aromatic rings. The maximum atomic E-state index is 10.5. The van der Waals surface area contributed by atoms with Gasteiger partial charge in [-0.05, 0) is 45.3 Å². The van der Waals surface area contributed by atoms with E-state index in [0.29, 0.717) is 0 Å². The van der Waals surface area contributed by atoms with Crippen LogP contribution in [0.5, 0.6) is 0 Å². The zero-order valence-corrected chi connectivity index (χ0v) is 8.56. The first kappa shape index (κ1) is 8.26. The summed E-state index contributed by atoms with van der Waals surface area (Å²) in [7, 11) is 0. The number of aliphatic carboxylic acids is 1. The molecule has 1 aliphatic carbocycles. The fourth-order valence-electron chi connectivity index (χ4n) is 1.35. The molecule has 2 atom stereocenters. The molecule has 64 valence electrons. The Morgan fingerprint density at radius 2 is 2.50 bits per heavy atom. The second-order valence-electron chi connectivity index (χ2n) is 2.97. The van der Waals surface area contributed by atoms with Crippen LogP contribution in [0.4, 0.5) is 0 Å². The largest absolute Gasteiger partial charge is 0.481 e. The molecule has 4 heteroatoms. The van der Waals surface area contributed by atoms with Gasteiger partial charge in [0, 0.05) is 0 Å². The third-order valence-electron chi connectivity index (χ3n) is 2.12. The number of hydrogen-bond donors (Lipinski definition) is 1. The molecule has 0 radical (unpaired) electrons. The van der Waals surface area contributed by atoms with Gasteiger partial charge in [0.05, 0.1) is 9.70 Å². The van der Waals surface area contributed by atoms with E-state index in [2.05, 4.69) is 15.9 Å². The third kappa shape index (κ3) is 1.41. The van der Waals surface area contributed by atoms with Gasteiger partial charge in [0.25, 0.3) is 0 Å². The molecule has 1 heterocycles. The molecule has 0 unspecified atom stereocenters. The third-order valence-corrected chi connectivity index (χ3v) is 3.65. The van der Waals surface area contributed by atoms with E-state index in [1.54, 1.807) is 11.3 Å². The Balaban J connectivity index is 2.10. The van der Waals surface area contributed by atoms with Crippen LogP contribution in [0.15, 0.2) is 15.2 Å². The minimum Gasteiger partial charge on any atom is -0.481 e. The van der Waals surface area contributed by atoms with Crippen LogP contribution in [0.3, 0.4) is 0 Å². The molecule has 1 saturated carbocycles. The molecular formula is C8H7BrO2S. The van der Waals surface area contributed by atoms with E-state index in [4.69, 9.17) is 5.11 Å². The minimum atomic E-state index is -0.665. The Bertz CT molecular complexity index is 321. The number of hydrogen-bond acceptors (Lipinski definition) is 2. The molecule has 2 nitrogen and oxygen atoms in total. The average Bonchev–Trinajstić information content (AvgIpc) is 2.70. The normalized spacial score (nSPS) is 27.1. The molecule has 0 saturated heterocycles. The maximum Gasteiger partial charge on any atom is 0.307 e. The van der Waals surface area contributed by atoms with E-state index in [0.717, 1.165) is 10.2 Å². The first-order valence-corrected chi connectivity index (χ1v) is 5.32. The number of carbonyl (C=O) groups is 1. The van der Waals surface area contributed by atoms with Crippen molar-refractivity contribution in [2.45, 2.75) is 12.3 Å². The zero-order chi connectivity index (χ0) is 8.72. The summed E-state index contributed by atoms with van der Waals surface area (Å²) in [6, 6.07) is 2.01. The number of carboxylic acids is 1. The number of carboxylic acid groups (broad SMARTS) is 1. The van der Waals surface area contributed by atoms with Crippen molar-refractivity contribution in [2.75, 3.05) is 0 Å². The summed E-state index contributed by atoms with van der Waals surface area (Å²) < 4.78 is 1.08. The van der Waals surface area contributed by atoms with Crippen LogP contribution < -0.4 is 0 Å². The smallest absolute Gasteiger partial charge is 0.307 e. The Labute approximate surface area is 82.3 Å². The van der Waals surface area contributed by atoms with Crippen LogP contribution in [-0.2, 0) is 4.79 Å². The molecule has 0 amide bonds. The second kappa shape index (κ2) is 2.85. The van der Waals surface area contributed by atoms with E-state index in [1.807, 2.05) is 11.4 Å². The van der Waals surface area contributed by atoms with Gasteiger partial charge < -0.3 is 5.11 Å². The van der Waals surface area contributed by atoms with Gasteiger partial charge in [0.2, 0.25) is 0 Å². The highest BCUT2D eigenvalue weighted by atomic mass is 79.9. The number of halogens is 1. The molecule has 2 rings (SSSR count). The molecule has 0 aromatic carbocycles. The van der Waals surface area contributed by atoms with Crippen molar-refractivity contribution in [1.29, 1.82) is 0 Å². The molecule has 1 aromatic heterocycles.